The van der Waals surface area contributed by atoms with Crippen molar-refractivity contribution in [1.82, 2.24) is 9.78 Å². The van der Waals surface area contributed by atoms with E-state index in [1.807, 2.05) is 78.9 Å². The van der Waals surface area contributed by atoms with Gasteiger partial charge in [-0.25, -0.2) is 4.68 Å². The van der Waals surface area contributed by atoms with Gasteiger partial charge in [-0.3, -0.25) is 4.79 Å². The molecule has 1 heterocycles. The van der Waals surface area contributed by atoms with E-state index in [0.717, 1.165) is 28.8 Å². The number of aromatic nitrogens is 2. The van der Waals surface area contributed by atoms with E-state index in [0.29, 0.717) is 22.9 Å². The molecule has 4 aromatic rings. The predicted molar refractivity (Wildman–Crippen MR) is 110 cm³/mol. The lowest BCUT2D eigenvalue weighted by molar-refractivity contribution is 0.112. The van der Waals surface area contributed by atoms with Gasteiger partial charge in [0.05, 0.1) is 11.3 Å². The summed E-state index contributed by atoms with van der Waals surface area (Å²) in [7, 11) is 0. The lowest BCUT2D eigenvalue weighted by atomic mass is 10.1. The maximum absolute atomic E-state index is 11.5. The molecule has 0 unspecified atom stereocenters. The SMILES string of the molecule is O=Cc1cn(-c2ccccc2)nc1-c1ccc(OCc2ccc(Cl)cc2)cc1. The fourth-order valence-corrected chi connectivity index (χ4v) is 2.99. The molecule has 28 heavy (non-hydrogen) atoms. The quantitative estimate of drug-likeness (QED) is 0.405. The van der Waals surface area contributed by atoms with Crippen LogP contribution in [0.2, 0.25) is 5.02 Å². The van der Waals surface area contributed by atoms with Crippen LogP contribution in [0.5, 0.6) is 5.75 Å². The van der Waals surface area contributed by atoms with Crippen LogP contribution in [-0.2, 0) is 6.61 Å². The molecule has 0 spiro atoms. The van der Waals surface area contributed by atoms with Crippen molar-refractivity contribution < 1.29 is 9.53 Å². The van der Waals surface area contributed by atoms with Crippen LogP contribution in [0.15, 0.2) is 85.1 Å². The maximum Gasteiger partial charge on any atom is 0.153 e. The molecule has 0 aliphatic carbocycles. The first-order chi connectivity index (χ1) is 13.7. The van der Waals surface area contributed by atoms with E-state index in [9.17, 15) is 4.79 Å². The summed E-state index contributed by atoms with van der Waals surface area (Å²) in [5.74, 6) is 0.744. The molecule has 0 N–H and O–H groups in total. The fourth-order valence-electron chi connectivity index (χ4n) is 2.87. The third kappa shape index (κ3) is 3.97. The molecule has 4 rings (SSSR count). The molecular formula is C23H17ClN2O2. The third-order valence-electron chi connectivity index (χ3n) is 4.34. The summed E-state index contributed by atoms with van der Waals surface area (Å²) in [5.41, 5.74) is 3.98. The van der Waals surface area contributed by atoms with Crippen molar-refractivity contribution in [2.75, 3.05) is 0 Å². The van der Waals surface area contributed by atoms with Gasteiger partial charge in [-0.1, -0.05) is 41.9 Å². The second-order valence-corrected chi connectivity index (χ2v) is 6.71. The molecule has 0 atom stereocenters. The Morgan fingerprint density at radius 3 is 2.32 bits per heavy atom. The van der Waals surface area contributed by atoms with E-state index in [4.69, 9.17) is 16.3 Å². The van der Waals surface area contributed by atoms with Crippen LogP contribution in [0.1, 0.15) is 15.9 Å². The molecule has 0 saturated carbocycles. The number of ether oxygens (including phenoxy) is 1. The van der Waals surface area contributed by atoms with Gasteiger partial charge < -0.3 is 4.74 Å². The summed E-state index contributed by atoms with van der Waals surface area (Å²) >= 11 is 5.90. The Labute approximate surface area is 168 Å². The summed E-state index contributed by atoms with van der Waals surface area (Å²) in [6, 6.07) is 24.8. The zero-order valence-electron chi connectivity index (χ0n) is 15.0. The number of para-hydroxylation sites is 1. The van der Waals surface area contributed by atoms with Crippen molar-refractivity contribution in [3.8, 4) is 22.7 Å². The van der Waals surface area contributed by atoms with Crippen LogP contribution in [0, 0.1) is 0 Å². The van der Waals surface area contributed by atoms with E-state index >= 15 is 0 Å². The minimum Gasteiger partial charge on any atom is -0.489 e. The number of hydrogen-bond acceptors (Lipinski definition) is 3. The van der Waals surface area contributed by atoms with Crippen molar-refractivity contribution in [1.29, 1.82) is 0 Å². The van der Waals surface area contributed by atoms with E-state index in [-0.39, 0.29) is 0 Å². The van der Waals surface area contributed by atoms with Crippen molar-refractivity contribution in [3.05, 3.63) is 101 Å². The minimum absolute atomic E-state index is 0.457. The first-order valence-corrected chi connectivity index (χ1v) is 9.19. The Kier molecular flexibility index (Phi) is 5.22. The van der Waals surface area contributed by atoms with Gasteiger partial charge in [-0.05, 0) is 54.1 Å². The number of carbonyl (C=O) groups excluding carboxylic acids is 1. The van der Waals surface area contributed by atoms with E-state index < -0.39 is 0 Å². The standard InChI is InChI=1S/C23H17ClN2O2/c24-20-10-6-17(7-11-20)16-28-22-12-8-18(9-13-22)23-19(15-27)14-26(25-23)21-4-2-1-3-5-21/h1-15H,16H2. The highest BCUT2D eigenvalue weighted by Crippen LogP contribution is 2.25. The van der Waals surface area contributed by atoms with Gasteiger partial charge in [-0.2, -0.15) is 5.10 Å². The lowest BCUT2D eigenvalue weighted by Crippen LogP contribution is -1.95. The first-order valence-electron chi connectivity index (χ1n) is 8.81. The zero-order valence-corrected chi connectivity index (χ0v) is 15.7. The van der Waals surface area contributed by atoms with Crippen LogP contribution in [0.3, 0.4) is 0 Å². The molecule has 0 bridgehead atoms. The summed E-state index contributed by atoms with van der Waals surface area (Å²) < 4.78 is 7.53. The molecule has 0 aliphatic rings. The van der Waals surface area contributed by atoms with Gasteiger partial charge in [-0.15, -0.1) is 0 Å². The molecule has 0 aliphatic heterocycles. The largest absolute Gasteiger partial charge is 0.489 e. The Balaban J connectivity index is 1.53. The summed E-state index contributed by atoms with van der Waals surface area (Å²) in [6.07, 6.45) is 2.56. The highest BCUT2D eigenvalue weighted by atomic mass is 35.5. The highest BCUT2D eigenvalue weighted by molar-refractivity contribution is 6.30. The van der Waals surface area contributed by atoms with Gasteiger partial charge in [0.25, 0.3) is 0 Å². The second-order valence-electron chi connectivity index (χ2n) is 6.27. The summed E-state index contributed by atoms with van der Waals surface area (Å²) in [4.78, 5) is 11.5. The Morgan fingerprint density at radius 2 is 1.64 bits per heavy atom. The van der Waals surface area contributed by atoms with Crippen LogP contribution >= 0.6 is 11.6 Å². The van der Waals surface area contributed by atoms with Crippen molar-refractivity contribution in [2.45, 2.75) is 6.61 Å². The molecule has 0 fully saturated rings. The maximum atomic E-state index is 11.5. The highest BCUT2D eigenvalue weighted by Gasteiger charge is 2.12. The number of aldehydes is 1. The summed E-state index contributed by atoms with van der Waals surface area (Å²) in [5, 5.41) is 5.29. The molecule has 4 nitrogen and oxygen atoms in total. The minimum atomic E-state index is 0.457. The number of benzene rings is 3. The average Bonchev–Trinajstić information content (AvgIpc) is 3.19. The molecular weight excluding hydrogens is 372 g/mol. The Morgan fingerprint density at radius 1 is 0.929 bits per heavy atom. The molecule has 1 aromatic heterocycles. The fraction of sp³-hybridized carbons (Fsp3) is 0.0435. The normalized spacial score (nSPS) is 10.6. The number of hydrogen-bond donors (Lipinski definition) is 0. The molecule has 138 valence electrons. The third-order valence-corrected chi connectivity index (χ3v) is 4.59. The molecule has 0 amide bonds. The molecule has 0 saturated heterocycles. The average molecular weight is 389 g/mol. The zero-order chi connectivity index (χ0) is 19.3. The van der Waals surface area contributed by atoms with Crippen LogP contribution in [0.4, 0.5) is 0 Å². The van der Waals surface area contributed by atoms with E-state index in [1.54, 1.807) is 10.9 Å². The Hall–Kier alpha value is -3.37. The number of rotatable bonds is 6. The molecule has 3 aromatic carbocycles. The topological polar surface area (TPSA) is 44.1 Å². The van der Waals surface area contributed by atoms with Gasteiger partial charge in [0.1, 0.15) is 18.1 Å². The van der Waals surface area contributed by atoms with Crippen molar-refractivity contribution >= 4 is 17.9 Å². The lowest BCUT2D eigenvalue weighted by Gasteiger charge is -2.07. The molecule has 5 heteroatoms. The molecule has 0 radical (unpaired) electrons. The van der Waals surface area contributed by atoms with Crippen LogP contribution < -0.4 is 4.74 Å². The number of carbonyl (C=O) groups is 1. The van der Waals surface area contributed by atoms with Gasteiger partial charge in [0, 0.05) is 16.8 Å². The van der Waals surface area contributed by atoms with Gasteiger partial charge >= 0.3 is 0 Å². The summed E-state index contributed by atoms with van der Waals surface area (Å²) in [6.45, 7) is 0.457. The first kappa shape index (κ1) is 18.0. The van der Waals surface area contributed by atoms with Crippen molar-refractivity contribution in [3.63, 3.8) is 0 Å². The van der Waals surface area contributed by atoms with E-state index in [1.165, 1.54) is 0 Å². The second kappa shape index (κ2) is 8.11. The Bertz CT molecular complexity index is 1070. The number of nitrogens with zero attached hydrogens (tertiary/aromatic N) is 2. The van der Waals surface area contributed by atoms with Gasteiger partial charge in [0.2, 0.25) is 0 Å². The van der Waals surface area contributed by atoms with Crippen molar-refractivity contribution in [2.24, 2.45) is 0 Å². The monoisotopic (exact) mass is 388 g/mol. The number of halogens is 1. The van der Waals surface area contributed by atoms with Crippen LogP contribution in [0.25, 0.3) is 16.9 Å². The predicted octanol–water partition coefficient (Wildman–Crippen LogP) is 5.58. The van der Waals surface area contributed by atoms with Crippen LogP contribution in [-0.4, -0.2) is 16.1 Å². The van der Waals surface area contributed by atoms with Gasteiger partial charge in [0.15, 0.2) is 6.29 Å². The van der Waals surface area contributed by atoms with E-state index in [2.05, 4.69) is 5.10 Å². The smallest absolute Gasteiger partial charge is 0.153 e.